The second-order valence-electron chi connectivity index (χ2n) is 10.9. The van der Waals surface area contributed by atoms with Gasteiger partial charge in [0.05, 0.1) is 32.8 Å². The molecule has 0 bridgehead atoms. The summed E-state index contributed by atoms with van der Waals surface area (Å²) in [6.07, 6.45) is 0.866. The van der Waals surface area contributed by atoms with E-state index in [0.29, 0.717) is 12.6 Å². The zero-order chi connectivity index (χ0) is 27.0. The molecule has 0 N–H and O–H groups in total. The highest BCUT2D eigenvalue weighted by Crippen LogP contribution is 2.53. The fourth-order valence-electron chi connectivity index (χ4n) is 6.14. The normalized spacial score (nSPS) is 22.2. The van der Waals surface area contributed by atoms with Crippen molar-refractivity contribution in [2.24, 2.45) is 0 Å². The maximum atomic E-state index is 7.25. The molecule has 198 valence electrons. The number of aromatic nitrogens is 1. The van der Waals surface area contributed by atoms with Crippen molar-refractivity contribution in [1.82, 2.24) is 4.98 Å². The first kappa shape index (κ1) is 26.0. The predicted octanol–water partition coefficient (Wildman–Crippen LogP) is 8.03. The van der Waals surface area contributed by atoms with Crippen LogP contribution in [0.1, 0.15) is 36.0 Å². The minimum absolute atomic E-state index is 0.138. The molecule has 4 aromatic carbocycles. The molecule has 3 unspecified atom stereocenters. The molecule has 0 aliphatic carbocycles. The molecule has 2 heterocycles. The van der Waals surface area contributed by atoms with Crippen LogP contribution in [0, 0.1) is 0 Å². The quantitative estimate of drug-likeness (QED) is 0.190. The molecule has 5 heteroatoms. The molecule has 1 saturated heterocycles. The number of nitrogens with zero attached hydrogens (tertiary/aromatic N) is 2. The van der Waals surface area contributed by atoms with Gasteiger partial charge in [0.15, 0.2) is 6.73 Å². The number of pyridine rings is 1. The van der Waals surface area contributed by atoms with Crippen LogP contribution in [0.3, 0.4) is 0 Å². The van der Waals surface area contributed by atoms with Crippen molar-refractivity contribution >= 4 is 37.6 Å². The van der Waals surface area contributed by atoms with Gasteiger partial charge in [-0.2, -0.15) is 0 Å². The minimum atomic E-state index is -0.621. The lowest BCUT2D eigenvalue weighted by Gasteiger charge is -2.50. The van der Waals surface area contributed by atoms with Gasteiger partial charge in [-0.15, -0.1) is 0 Å². The highest BCUT2D eigenvalue weighted by atomic mass is 79.9. The number of methoxy groups -OCH3 is 1. The van der Waals surface area contributed by atoms with E-state index < -0.39 is 5.60 Å². The largest absolute Gasteiger partial charge is 0.481 e. The van der Waals surface area contributed by atoms with Crippen molar-refractivity contribution in [3.05, 3.63) is 118 Å². The average Bonchev–Trinajstić information content (AvgIpc) is 2.98. The summed E-state index contributed by atoms with van der Waals surface area (Å²) in [6, 6.07) is 34.4. The number of benzene rings is 4. The maximum absolute atomic E-state index is 7.25. The zero-order valence-corrected chi connectivity index (χ0v) is 24.3. The van der Waals surface area contributed by atoms with Crippen LogP contribution in [0.25, 0.3) is 21.7 Å². The van der Waals surface area contributed by atoms with Crippen LogP contribution in [-0.2, 0) is 10.3 Å². The van der Waals surface area contributed by atoms with Gasteiger partial charge in [-0.05, 0) is 53.1 Å². The van der Waals surface area contributed by atoms with Gasteiger partial charge in [0.25, 0.3) is 0 Å². The van der Waals surface area contributed by atoms with Crippen LogP contribution < -0.4 is 4.74 Å². The van der Waals surface area contributed by atoms with Crippen molar-refractivity contribution in [1.29, 1.82) is 0 Å². The van der Waals surface area contributed by atoms with Gasteiger partial charge in [0.1, 0.15) is 5.60 Å². The van der Waals surface area contributed by atoms with Crippen molar-refractivity contribution in [2.45, 2.75) is 24.9 Å². The Hall–Kier alpha value is -3.25. The maximum Gasteiger partial charge on any atom is 0.217 e. The van der Waals surface area contributed by atoms with Crippen LogP contribution in [0.4, 0.5) is 0 Å². The van der Waals surface area contributed by atoms with Crippen LogP contribution in [0.15, 0.2) is 102 Å². The van der Waals surface area contributed by atoms with Gasteiger partial charge < -0.3 is 14.0 Å². The summed E-state index contributed by atoms with van der Waals surface area (Å²) in [6.45, 7) is 4.92. The van der Waals surface area contributed by atoms with E-state index in [9.17, 15) is 0 Å². The number of halogens is 1. The molecular weight excluding hydrogens is 548 g/mol. The van der Waals surface area contributed by atoms with Crippen LogP contribution in [-0.4, -0.2) is 43.4 Å². The van der Waals surface area contributed by atoms with E-state index in [2.05, 4.69) is 115 Å². The van der Waals surface area contributed by atoms with E-state index in [-0.39, 0.29) is 5.92 Å². The first-order valence-electron chi connectivity index (χ1n) is 13.6. The Balaban J connectivity index is 1.68. The predicted molar refractivity (Wildman–Crippen MR) is 162 cm³/mol. The lowest BCUT2D eigenvalue weighted by Crippen LogP contribution is -2.57. The zero-order valence-electron chi connectivity index (χ0n) is 22.7. The summed E-state index contributed by atoms with van der Waals surface area (Å²) < 4.78 is 15.2. The van der Waals surface area contributed by atoms with Crippen molar-refractivity contribution < 1.29 is 14.0 Å². The van der Waals surface area contributed by atoms with E-state index in [1.807, 2.05) is 12.1 Å². The van der Waals surface area contributed by atoms with Crippen LogP contribution in [0.5, 0.6) is 5.88 Å². The molecule has 0 amide bonds. The fraction of sp³-hybridized carbons (Fsp3) is 0.265. The van der Waals surface area contributed by atoms with Gasteiger partial charge >= 0.3 is 0 Å². The van der Waals surface area contributed by atoms with E-state index in [1.54, 1.807) is 7.11 Å². The lowest BCUT2D eigenvalue weighted by molar-refractivity contribution is -0.938. The molecule has 1 aliphatic heterocycles. The van der Waals surface area contributed by atoms with E-state index in [4.69, 9.17) is 14.5 Å². The summed E-state index contributed by atoms with van der Waals surface area (Å²) in [5.41, 5.74) is 3.73. The van der Waals surface area contributed by atoms with E-state index >= 15 is 0 Å². The Morgan fingerprint density at radius 3 is 2.46 bits per heavy atom. The number of fused-ring (bicyclic) bond motifs is 2. The number of hydrogen-bond donors (Lipinski definition) is 0. The minimum Gasteiger partial charge on any atom is -0.481 e. The Morgan fingerprint density at radius 2 is 1.72 bits per heavy atom. The summed E-state index contributed by atoms with van der Waals surface area (Å²) in [7, 11) is 4.01. The molecule has 1 aromatic heterocycles. The van der Waals surface area contributed by atoms with Gasteiger partial charge in [0, 0.05) is 27.8 Å². The number of ether oxygens (including phenoxy) is 2. The molecule has 4 nitrogen and oxygen atoms in total. The first-order chi connectivity index (χ1) is 19.0. The monoisotopic (exact) mass is 581 g/mol. The molecule has 1 aliphatic rings. The van der Waals surface area contributed by atoms with Crippen LogP contribution >= 0.6 is 15.9 Å². The summed E-state index contributed by atoms with van der Waals surface area (Å²) in [4.78, 5) is 5.01. The summed E-state index contributed by atoms with van der Waals surface area (Å²) >= 11 is 3.66. The third-order valence-corrected chi connectivity index (χ3v) is 9.03. The molecule has 39 heavy (non-hydrogen) atoms. The Bertz CT molecular complexity index is 1620. The third-order valence-electron chi connectivity index (χ3n) is 8.54. The average molecular weight is 583 g/mol. The van der Waals surface area contributed by atoms with E-state index in [0.717, 1.165) is 44.9 Å². The smallest absolute Gasteiger partial charge is 0.217 e. The SMILES string of the molecule is CC[N+]1(C)CCC(c2cccc3ccccc23)(C(c2ccccc2)c2cc3cc(Br)ccc3nc2OC)OC1. The van der Waals surface area contributed by atoms with Crippen LogP contribution in [0.2, 0.25) is 0 Å². The molecule has 5 aromatic rings. The number of hydrogen-bond acceptors (Lipinski definition) is 3. The number of rotatable bonds is 6. The second-order valence-corrected chi connectivity index (χ2v) is 11.8. The summed E-state index contributed by atoms with van der Waals surface area (Å²) in [5, 5.41) is 3.51. The molecule has 0 saturated carbocycles. The number of quaternary nitrogens is 1. The Kier molecular flexibility index (Phi) is 6.92. The molecule has 1 fully saturated rings. The molecule has 0 radical (unpaired) electrons. The van der Waals surface area contributed by atoms with Crippen molar-refractivity contribution in [3.63, 3.8) is 0 Å². The Morgan fingerprint density at radius 1 is 0.949 bits per heavy atom. The molecule has 6 rings (SSSR count). The van der Waals surface area contributed by atoms with Gasteiger partial charge in [-0.3, -0.25) is 0 Å². The lowest BCUT2D eigenvalue weighted by atomic mass is 9.70. The van der Waals surface area contributed by atoms with Gasteiger partial charge in [0.2, 0.25) is 5.88 Å². The van der Waals surface area contributed by atoms with Crippen molar-refractivity contribution in [3.8, 4) is 5.88 Å². The topological polar surface area (TPSA) is 31.4 Å². The molecule has 3 atom stereocenters. The van der Waals surface area contributed by atoms with Gasteiger partial charge in [-0.1, -0.05) is 88.7 Å². The highest BCUT2D eigenvalue weighted by molar-refractivity contribution is 9.10. The molecular formula is C34H34BrN2O2+. The Labute approximate surface area is 238 Å². The standard InChI is InChI=1S/C34H34BrN2O2/c1-4-37(2)20-19-34(39-23-37,30-16-10-14-24-11-8-9-15-28(24)30)32(25-12-6-5-7-13-25)29-22-26-21-27(35)17-18-31(26)36-33(29)38-3/h5-18,21-22,32H,4,19-20,23H2,1-3H3/q+1. The van der Waals surface area contributed by atoms with Gasteiger partial charge in [-0.25, -0.2) is 4.98 Å². The first-order valence-corrected chi connectivity index (χ1v) is 14.4. The summed E-state index contributed by atoms with van der Waals surface area (Å²) in [5.74, 6) is 0.501. The fourth-order valence-corrected chi connectivity index (χ4v) is 6.52. The highest BCUT2D eigenvalue weighted by Gasteiger charge is 2.51. The van der Waals surface area contributed by atoms with E-state index in [1.165, 1.54) is 21.9 Å². The third kappa shape index (κ3) is 4.63. The molecule has 0 spiro atoms. The second kappa shape index (κ2) is 10.4. The van der Waals surface area contributed by atoms with Crippen molar-refractivity contribution in [2.75, 3.05) is 34.0 Å².